The summed E-state index contributed by atoms with van der Waals surface area (Å²) in [6, 6.07) is 24.8. The van der Waals surface area contributed by atoms with E-state index in [-0.39, 0.29) is 0 Å². The molecule has 5 aromatic rings. The van der Waals surface area contributed by atoms with Crippen molar-refractivity contribution in [2.45, 2.75) is 6.92 Å². The van der Waals surface area contributed by atoms with Gasteiger partial charge < -0.3 is 14.6 Å². The van der Waals surface area contributed by atoms with Crippen molar-refractivity contribution in [3.8, 4) is 11.1 Å². The third-order valence-corrected chi connectivity index (χ3v) is 6.34. The Hall–Kier alpha value is -6.17. The minimum Gasteiger partial charge on any atom is -0.477 e. The summed E-state index contributed by atoms with van der Waals surface area (Å²) < 4.78 is 2.22. The summed E-state index contributed by atoms with van der Waals surface area (Å²) in [7, 11) is 0. The number of fused-ring (bicyclic) bond motifs is 1. The van der Waals surface area contributed by atoms with Crippen LogP contribution in [0.25, 0.3) is 16.6 Å². The number of rotatable bonds is 7. The number of carbonyl (C=O) groups excluding carboxylic acids is 1. The summed E-state index contributed by atoms with van der Waals surface area (Å²) >= 11 is 0. The molecular weight excluding hydrogens is 546 g/mol. The van der Waals surface area contributed by atoms with Gasteiger partial charge in [0.15, 0.2) is 5.78 Å². The third-order valence-electron chi connectivity index (χ3n) is 6.34. The van der Waals surface area contributed by atoms with Crippen molar-refractivity contribution < 1.29 is 34.4 Å². The third kappa shape index (κ3) is 5.72. The molecule has 2 N–H and O–H groups in total. The van der Waals surface area contributed by atoms with Crippen molar-refractivity contribution in [1.82, 2.24) is 4.40 Å². The smallest absolute Gasteiger partial charge is 0.343 e. The quantitative estimate of drug-likeness (QED) is 0.134. The number of nitro benzene ring substituents is 2. The highest BCUT2D eigenvalue weighted by atomic mass is 16.6. The molecule has 0 atom stereocenters. The molecule has 0 radical (unpaired) electrons. The average molecular weight is 568 g/mol. The van der Waals surface area contributed by atoms with Crippen molar-refractivity contribution >= 4 is 34.6 Å². The fraction of sp³-hybridized carbons (Fsp3) is 0.0333. The molecule has 0 amide bonds. The average Bonchev–Trinajstić information content (AvgIpc) is 3.42. The van der Waals surface area contributed by atoms with Gasteiger partial charge >= 0.3 is 11.9 Å². The zero-order valence-corrected chi connectivity index (χ0v) is 21.8. The Morgan fingerprint density at radius 2 is 1.17 bits per heavy atom. The molecule has 0 unspecified atom stereocenters. The summed E-state index contributed by atoms with van der Waals surface area (Å²) in [4.78, 5) is 55.5. The van der Waals surface area contributed by atoms with Gasteiger partial charge in [-0.3, -0.25) is 25.0 Å². The monoisotopic (exact) mass is 567 g/mol. The molecule has 0 saturated carbocycles. The number of aryl methyl sites for hydroxylation is 1. The van der Waals surface area contributed by atoms with Crippen molar-refractivity contribution in [2.24, 2.45) is 0 Å². The molecule has 2 heterocycles. The topological polar surface area (TPSA) is 182 Å². The number of carboxylic acid groups (broad SMARTS) is 2. The lowest BCUT2D eigenvalue weighted by atomic mass is 9.93. The lowest BCUT2D eigenvalue weighted by Gasteiger charge is -2.08. The molecule has 12 heteroatoms. The van der Waals surface area contributed by atoms with Crippen LogP contribution in [0.3, 0.4) is 0 Å². The minimum absolute atomic E-state index is 0.658. The maximum absolute atomic E-state index is 12.7. The first-order valence-electron chi connectivity index (χ1n) is 12.2. The van der Waals surface area contributed by atoms with Crippen LogP contribution in [0.4, 0.5) is 11.4 Å². The van der Waals surface area contributed by atoms with E-state index in [1.807, 2.05) is 6.07 Å². The van der Waals surface area contributed by atoms with E-state index in [1.54, 1.807) is 0 Å². The molecule has 0 aliphatic heterocycles. The summed E-state index contributed by atoms with van der Waals surface area (Å²) in [5, 5.41) is 40.5. The number of nitrogens with zero attached hydrogens (tertiary/aromatic N) is 3. The summed E-state index contributed by atoms with van der Waals surface area (Å²) in [6.07, 6.45) is 2.19. The second-order valence-electron chi connectivity index (χ2n) is 8.91. The van der Waals surface area contributed by atoms with Crippen LogP contribution in [0.15, 0.2) is 97.2 Å². The van der Waals surface area contributed by atoms with Gasteiger partial charge in [-0.25, -0.2) is 9.59 Å². The number of pyridine rings is 1. The highest BCUT2D eigenvalue weighted by molar-refractivity contribution is 6.19. The first kappa shape index (κ1) is 28.8. The van der Waals surface area contributed by atoms with E-state index < -0.39 is 61.2 Å². The van der Waals surface area contributed by atoms with Crippen LogP contribution in [0.2, 0.25) is 0 Å². The van der Waals surface area contributed by atoms with Crippen molar-refractivity contribution in [3.63, 3.8) is 0 Å². The number of hydrogen-bond donors (Lipinski definition) is 2. The number of carboxylic acids is 2. The molecule has 0 saturated heterocycles. The van der Waals surface area contributed by atoms with Gasteiger partial charge in [-0.15, -0.1) is 0 Å². The molecule has 0 aliphatic rings. The lowest BCUT2D eigenvalue weighted by molar-refractivity contribution is -0.385. The molecule has 0 fully saturated rings. The fourth-order valence-corrected chi connectivity index (χ4v) is 4.43. The number of nitro groups is 2. The van der Waals surface area contributed by atoms with E-state index in [1.165, 1.54) is 22.3 Å². The van der Waals surface area contributed by atoms with Crippen molar-refractivity contribution in [1.29, 1.82) is 0 Å². The number of carbonyl (C=O) groups is 3. The zero-order chi connectivity index (χ0) is 30.6. The van der Waals surface area contributed by atoms with E-state index >= 15 is 0 Å². The normalized spacial score (nSPS) is 10.4. The highest BCUT2D eigenvalue weighted by Crippen LogP contribution is 2.29. The number of benzene rings is 3. The van der Waals surface area contributed by atoms with Crippen LogP contribution in [-0.2, 0) is 0 Å². The number of ketones is 1. The summed E-state index contributed by atoms with van der Waals surface area (Å²) in [6.45, 7) is 2.13. The van der Waals surface area contributed by atoms with Gasteiger partial charge in [-0.1, -0.05) is 48.5 Å². The maximum atomic E-state index is 12.7. The Bertz CT molecular complexity index is 1800. The molecule has 0 spiro atoms. The van der Waals surface area contributed by atoms with E-state index in [0.717, 1.165) is 36.4 Å². The first-order chi connectivity index (χ1) is 20.0. The molecule has 0 aliphatic carbocycles. The largest absolute Gasteiger partial charge is 0.477 e. The molecule has 0 bridgehead atoms. The van der Waals surface area contributed by atoms with Crippen molar-refractivity contribution in [2.75, 3.05) is 0 Å². The van der Waals surface area contributed by atoms with Crippen LogP contribution >= 0.6 is 0 Å². The maximum Gasteiger partial charge on any atom is 0.343 e. The molecule has 42 heavy (non-hydrogen) atoms. The van der Waals surface area contributed by atoms with E-state index in [2.05, 4.69) is 66.1 Å². The van der Waals surface area contributed by atoms with Crippen LogP contribution in [0, 0.1) is 27.2 Å². The first-order valence-corrected chi connectivity index (χ1v) is 12.2. The lowest BCUT2D eigenvalue weighted by Crippen LogP contribution is -2.16. The predicted octanol–water partition coefficient (Wildman–Crippen LogP) is 6.05. The van der Waals surface area contributed by atoms with Crippen LogP contribution in [0.1, 0.15) is 42.3 Å². The SMILES string of the molecule is Cc1cccc2cc(-c3ccccc3)cn12.O=C(c1cccc([N+](=O)[O-])c1C(=O)O)c1cccc([N+](=O)[O-])c1C(=O)O. The summed E-state index contributed by atoms with van der Waals surface area (Å²) in [5.41, 5.74) is 0.121. The molecule has 3 aromatic carbocycles. The van der Waals surface area contributed by atoms with E-state index in [0.29, 0.717) is 0 Å². The highest BCUT2D eigenvalue weighted by Gasteiger charge is 2.32. The molecule has 210 valence electrons. The van der Waals surface area contributed by atoms with Crippen molar-refractivity contribution in [3.05, 3.63) is 145 Å². The Kier molecular flexibility index (Phi) is 8.18. The number of aromatic carboxylic acids is 2. The van der Waals surface area contributed by atoms with Crippen LogP contribution in [-0.4, -0.2) is 42.2 Å². The van der Waals surface area contributed by atoms with Gasteiger partial charge in [0.05, 0.1) is 9.85 Å². The number of hydrogen-bond acceptors (Lipinski definition) is 7. The minimum atomic E-state index is -1.78. The predicted molar refractivity (Wildman–Crippen MR) is 151 cm³/mol. The van der Waals surface area contributed by atoms with Gasteiger partial charge in [-0.2, -0.15) is 0 Å². The molecular formula is C30H21N3O9. The van der Waals surface area contributed by atoms with Gasteiger partial charge in [0.2, 0.25) is 0 Å². The fourth-order valence-electron chi connectivity index (χ4n) is 4.43. The second-order valence-corrected chi connectivity index (χ2v) is 8.91. The van der Waals surface area contributed by atoms with Gasteiger partial charge in [0.25, 0.3) is 11.4 Å². The molecule has 12 nitrogen and oxygen atoms in total. The van der Waals surface area contributed by atoms with Gasteiger partial charge in [0.1, 0.15) is 11.1 Å². The summed E-state index contributed by atoms with van der Waals surface area (Å²) in [5.74, 6) is -4.75. The van der Waals surface area contributed by atoms with E-state index in [9.17, 15) is 44.8 Å². The van der Waals surface area contributed by atoms with E-state index in [4.69, 9.17) is 0 Å². The van der Waals surface area contributed by atoms with Crippen LogP contribution < -0.4 is 0 Å². The Labute approximate surface area is 237 Å². The molecule has 2 aromatic heterocycles. The Morgan fingerprint density at radius 3 is 1.62 bits per heavy atom. The second kappa shape index (κ2) is 11.9. The number of aromatic nitrogens is 1. The standard InChI is InChI=1S/C15H8N2O9.C15H13N/c18-13(7-3-1-5-9(16(23)24)11(7)14(19)20)8-4-2-6-10(17(25)26)12(8)15(21)22;1-12-6-5-9-15-10-14(11-16(12)15)13-7-3-2-4-8-13/h1-6H,(H,19,20)(H,21,22);2-11H,1H3. The Morgan fingerprint density at radius 1 is 0.667 bits per heavy atom. The Balaban J connectivity index is 0.000000214. The van der Waals surface area contributed by atoms with Crippen LogP contribution in [0.5, 0.6) is 0 Å². The van der Waals surface area contributed by atoms with Gasteiger partial charge in [0, 0.05) is 46.2 Å². The molecule has 5 rings (SSSR count). The zero-order valence-electron chi connectivity index (χ0n) is 21.8. The van der Waals surface area contributed by atoms with Gasteiger partial charge in [-0.05, 0) is 42.8 Å².